The molecule has 2 aromatic heterocycles. The minimum absolute atomic E-state index is 0.0177. The van der Waals surface area contributed by atoms with E-state index in [9.17, 15) is 13.2 Å². The fourth-order valence-electron chi connectivity index (χ4n) is 3.00. The lowest BCUT2D eigenvalue weighted by Gasteiger charge is -2.17. The van der Waals surface area contributed by atoms with Gasteiger partial charge in [-0.15, -0.1) is 15.3 Å². The van der Waals surface area contributed by atoms with Crippen molar-refractivity contribution in [3.05, 3.63) is 47.3 Å². The van der Waals surface area contributed by atoms with Crippen LogP contribution in [-0.4, -0.2) is 25.9 Å². The molecule has 2 heterocycles. The fourth-order valence-corrected chi connectivity index (χ4v) is 3.00. The van der Waals surface area contributed by atoms with Gasteiger partial charge in [0, 0.05) is 12.5 Å². The minimum atomic E-state index is -4.47. The molecule has 1 aromatic carbocycles. The number of nitrogens with zero attached hydrogens (tertiary/aromatic N) is 4. The van der Waals surface area contributed by atoms with Crippen molar-refractivity contribution in [3.8, 4) is 5.75 Å². The van der Waals surface area contributed by atoms with Gasteiger partial charge >= 0.3 is 6.18 Å². The van der Waals surface area contributed by atoms with Crippen molar-refractivity contribution in [2.75, 3.05) is 5.32 Å². The van der Waals surface area contributed by atoms with Gasteiger partial charge in [0.2, 0.25) is 0 Å². The summed E-state index contributed by atoms with van der Waals surface area (Å²) in [5.74, 6) is 1.82. The van der Waals surface area contributed by atoms with Crippen LogP contribution in [0, 0.1) is 0 Å². The molecule has 0 saturated heterocycles. The fraction of sp³-hybridized carbons (Fsp3) is 0.421. The molecule has 0 amide bonds. The molecular formula is C19H20F3N5O. The standard InChI is InChI=1S/C19H20F3N5O/c1-11(2)28-14-6-5-13(15(9-14)19(20,21)22)10-23-16-7-8-17-24-25-18(12-3-4-12)27(17)26-16/h5-9,11-12H,3-4,10H2,1-2H3,(H,23,26). The number of halogens is 3. The highest BCUT2D eigenvalue weighted by atomic mass is 19.4. The number of ether oxygens (including phenoxy) is 1. The molecule has 28 heavy (non-hydrogen) atoms. The highest BCUT2D eigenvalue weighted by molar-refractivity contribution is 5.46. The molecule has 1 aliphatic rings. The second-order valence-corrected chi connectivity index (χ2v) is 7.16. The van der Waals surface area contributed by atoms with Gasteiger partial charge in [0.05, 0.1) is 11.7 Å². The highest BCUT2D eigenvalue weighted by Gasteiger charge is 2.34. The Bertz CT molecular complexity index is 995. The molecular weight excluding hydrogens is 371 g/mol. The van der Waals surface area contributed by atoms with Gasteiger partial charge in [-0.3, -0.25) is 0 Å². The lowest BCUT2D eigenvalue weighted by molar-refractivity contribution is -0.138. The maximum Gasteiger partial charge on any atom is 0.416 e. The van der Waals surface area contributed by atoms with Gasteiger partial charge < -0.3 is 10.1 Å². The Morgan fingerprint density at radius 1 is 1.18 bits per heavy atom. The molecule has 0 unspecified atom stereocenters. The Balaban J connectivity index is 1.57. The number of hydrogen-bond donors (Lipinski definition) is 1. The molecule has 4 rings (SSSR count). The molecule has 148 valence electrons. The molecule has 0 radical (unpaired) electrons. The Morgan fingerprint density at radius 3 is 2.64 bits per heavy atom. The van der Waals surface area contributed by atoms with E-state index in [0.717, 1.165) is 24.7 Å². The molecule has 1 fully saturated rings. The first-order chi connectivity index (χ1) is 13.3. The van der Waals surface area contributed by atoms with E-state index in [-0.39, 0.29) is 24.0 Å². The predicted molar refractivity (Wildman–Crippen MR) is 97.3 cm³/mol. The number of alkyl halides is 3. The van der Waals surface area contributed by atoms with Crippen LogP contribution >= 0.6 is 0 Å². The van der Waals surface area contributed by atoms with E-state index < -0.39 is 11.7 Å². The summed E-state index contributed by atoms with van der Waals surface area (Å²) in [4.78, 5) is 0. The molecule has 9 heteroatoms. The molecule has 0 atom stereocenters. The maximum absolute atomic E-state index is 13.5. The lowest BCUT2D eigenvalue weighted by atomic mass is 10.1. The van der Waals surface area contributed by atoms with Crippen molar-refractivity contribution in [3.63, 3.8) is 0 Å². The maximum atomic E-state index is 13.5. The number of benzene rings is 1. The molecule has 0 bridgehead atoms. The largest absolute Gasteiger partial charge is 0.491 e. The Labute approximate surface area is 159 Å². The molecule has 1 aliphatic carbocycles. The van der Waals surface area contributed by atoms with Crippen LogP contribution in [0.4, 0.5) is 19.0 Å². The summed E-state index contributed by atoms with van der Waals surface area (Å²) in [5, 5.41) is 15.6. The average Bonchev–Trinajstić information content (AvgIpc) is 3.38. The Morgan fingerprint density at radius 2 is 1.96 bits per heavy atom. The number of nitrogens with one attached hydrogen (secondary N) is 1. The van der Waals surface area contributed by atoms with E-state index in [1.54, 1.807) is 36.6 Å². The monoisotopic (exact) mass is 391 g/mol. The van der Waals surface area contributed by atoms with Crippen LogP contribution in [0.3, 0.4) is 0 Å². The first-order valence-corrected chi connectivity index (χ1v) is 9.14. The molecule has 0 aliphatic heterocycles. The van der Waals surface area contributed by atoms with Gasteiger partial charge in [-0.1, -0.05) is 6.07 Å². The summed E-state index contributed by atoms with van der Waals surface area (Å²) >= 11 is 0. The number of fused-ring (bicyclic) bond motifs is 1. The third-order valence-corrected chi connectivity index (χ3v) is 4.45. The van der Waals surface area contributed by atoms with Gasteiger partial charge in [-0.2, -0.15) is 17.7 Å². The molecule has 3 aromatic rings. The van der Waals surface area contributed by atoms with Crippen LogP contribution in [0.1, 0.15) is 49.6 Å². The molecule has 1 N–H and O–H groups in total. The van der Waals surface area contributed by atoms with E-state index in [2.05, 4.69) is 20.6 Å². The lowest BCUT2D eigenvalue weighted by Crippen LogP contribution is -2.14. The van der Waals surface area contributed by atoms with Crippen molar-refractivity contribution in [1.29, 1.82) is 0 Å². The summed E-state index contributed by atoms with van der Waals surface area (Å²) < 4.78 is 47.5. The second kappa shape index (κ2) is 6.96. The summed E-state index contributed by atoms with van der Waals surface area (Å²) in [6.07, 6.45) is -2.57. The molecule has 0 spiro atoms. The summed E-state index contributed by atoms with van der Waals surface area (Å²) in [5.41, 5.74) is 0.0255. The van der Waals surface area contributed by atoms with Gasteiger partial charge in [-0.25, -0.2) is 0 Å². The van der Waals surface area contributed by atoms with Crippen LogP contribution in [0.25, 0.3) is 5.65 Å². The first-order valence-electron chi connectivity index (χ1n) is 9.14. The van der Waals surface area contributed by atoms with E-state index in [1.807, 2.05) is 0 Å². The molecule has 1 saturated carbocycles. The topological polar surface area (TPSA) is 64.3 Å². The van der Waals surface area contributed by atoms with Crippen molar-refractivity contribution in [2.45, 2.75) is 51.4 Å². The van der Waals surface area contributed by atoms with E-state index >= 15 is 0 Å². The minimum Gasteiger partial charge on any atom is -0.491 e. The van der Waals surface area contributed by atoms with Crippen molar-refractivity contribution < 1.29 is 17.9 Å². The zero-order chi connectivity index (χ0) is 19.9. The summed E-state index contributed by atoms with van der Waals surface area (Å²) in [6, 6.07) is 7.45. The smallest absolute Gasteiger partial charge is 0.416 e. The van der Waals surface area contributed by atoms with Gasteiger partial charge in [0.1, 0.15) is 11.6 Å². The highest BCUT2D eigenvalue weighted by Crippen LogP contribution is 2.39. The second-order valence-electron chi connectivity index (χ2n) is 7.16. The third-order valence-electron chi connectivity index (χ3n) is 4.45. The average molecular weight is 391 g/mol. The predicted octanol–water partition coefficient (Wildman–Crippen LogP) is 4.42. The third kappa shape index (κ3) is 3.88. The van der Waals surface area contributed by atoms with Crippen molar-refractivity contribution in [2.24, 2.45) is 0 Å². The SMILES string of the molecule is CC(C)Oc1ccc(CNc2ccc3nnc(C4CC4)n3n2)c(C(F)(F)F)c1. The van der Waals surface area contributed by atoms with Gasteiger partial charge in [0.25, 0.3) is 0 Å². The van der Waals surface area contributed by atoms with Crippen LogP contribution in [0.15, 0.2) is 30.3 Å². The summed E-state index contributed by atoms with van der Waals surface area (Å²) in [6.45, 7) is 3.52. The zero-order valence-electron chi connectivity index (χ0n) is 15.5. The molecule has 6 nitrogen and oxygen atoms in total. The van der Waals surface area contributed by atoms with E-state index in [1.165, 1.54) is 6.07 Å². The van der Waals surface area contributed by atoms with Crippen LogP contribution in [0.5, 0.6) is 5.75 Å². The zero-order valence-corrected chi connectivity index (χ0v) is 15.5. The Kier molecular flexibility index (Phi) is 4.60. The van der Waals surface area contributed by atoms with Crippen LogP contribution in [-0.2, 0) is 12.7 Å². The van der Waals surface area contributed by atoms with Crippen LogP contribution in [0.2, 0.25) is 0 Å². The first kappa shape index (κ1) is 18.5. The summed E-state index contributed by atoms with van der Waals surface area (Å²) in [7, 11) is 0. The quantitative estimate of drug-likeness (QED) is 0.674. The van der Waals surface area contributed by atoms with Crippen LogP contribution < -0.4 is 10.1 Å². The number of anilines is 1. The van der Waals surface area contributed by atoms with E-state index in [0.29, 0.717) is 17.4 Å². The van der Waals surface area contributed by atoms with Gasteiger partial charge in [0.15, 0.2) is 11.5 Å². The number of rotatable bonds is 6. The number of hydrogen-bond acceptors (Lipinski definition) is 5. The van der Waals surface area contributed by atoms with Gasteiger partial charge in [-0.05, 0) is 56.5 Å². The van der Waals surface area contributed by atoms with E-state index in [4.69, 9.17) is 4.74 Å². The van der Waals surface area contributed by atoms with Crippen molar-refractivity contribution >= 4 is 11.5 Å². The Hall–Kier alpha value is -2.84. The van der Waals surface area contributed by atoms with Crippen molar-refractivity contribution in [1.82, 2.24) is 19.8 Å². The normalized spacial score (nSPS) is 14.6. The number of aromatic nitrogens is 4.